The molecule has 0 saturated carbocycles. The molecule has 5 heteroatoms. The summed E-state index contributed by atoms with van der Waals surface area (Å²) >= 11 is -2.00. The second kappa shape index (κ2) is 3.68. The Morgan fingerprint density at radius 2 is 2.36 bits per heavy atom. The third-order valence-corrected chi connectivity index (χ3v) is 2.88. The van der Waals surface area contributed by atoms with Crippen LogP contribution in [0.4, 0.5) is 5.69 Å². The average molecular weight is 212 g/mol. The number of fused-ring (bicyclic) bond motifs is 1. The number of rotatable bonds is 2. The van der Waals surface area contributed by atoms with E-state index in [1.807, 2.05) is 12.1 Å². The molecule has 0 bridgehead atoms. The lowest BCUT2D eigenvalue weighted by molar-refractivity contribution is 0.570. The van der Waals surface area contributed by atoms with Gasteiger partial charge in [0.05, 0.1) is 0 Å². The summed E-state index contributed by atoms with van der Waals surface area (Å²) in [6.45, 7) is 0. The second-order valence-corrected chi connectivity index (χ2v) is 4.11. The van der Waals surface area contributed by atoms with Gasteiger partial charge in [0.25, 0.3) is 11.3 Å². The van der Waals surface area contributed by atoms with Gasteiger partial charge in [0.15, 0.2) is 0 Å². The Bertz CT molecular complexity index is 381. The van der Waals surface area contributed by atoms with Gasteiger partial charge in [0, 0.05) is 11.7 Å². The summed E-state index contributed by atoms with van der Waals surface area (Å²) in [7, 11) is 0. The van der Waals surface area contributed by atoms with Crippen molar-refractivity contribution in [2.24, 2.45) is 5.73 Å². The first-order valence-corrected chi connectivity index (χ1v) is 5.53. The molecule has 0 aliphatic heterocycles. The summed E-state index contributed by atoms with van der Waals surface area (Å²) in [5, 5.41) is 0. The van der Waals surface area contributed by atoms with E-state index in [0.29, 0.717) is 5.69 Å². The van der Waals surface area contributed by atoms with Crippen LogP contribution in [0.3, 0.4) is 0 Å². The van der Waals surface area contributed by atoms with Crippen LogP contribution in [0.1, 0.15) is 23.6 Å². The van der Waals surface area contributed by atoms with Gasteiger partial charge in [-0.05, 0) is 36.1 Å². The van der Waals surface area contributed by atoms with E-state index in [0.717, 1.165) is 18.4 Å². The van der Waals surface area contributed by atoms with Crippen molar-refractivity contribution in [2.75, 3.05) is 4.72 Å². The Balaban J connectivity index is 2.28. The first-order chi connectivity index (χ1) is 6.66. The third-order valence-electron chi connectivity index (χ3n) is 2.47. The molecule has 0 radical (unpaired) electrons. The van der Waals surface area contributed by atoms with Crippen molar-refractivity contribution in [3.63, 3.8) is 0 Å². The van der Waals surface area contributed by atoms with E-state index in [1.165, 1.54) is 5.56 Å². The van der Waals surface area contributed by atoms with Crippen molar-refractivity contribution in [1.29, 1.82) is 0 Å². The van der Waals surface area contributed by atoms with Gasteiger partial charge in [0.2, 0.25) is 0 Å². The zero-order valence-electron chi connectivity index (χ0n) is 7.56. The maximum absolute atomic E-state index is 10.5. The summed E-state index contributed by atoms with van der Waals surface area (Å²) in [6, 6.07) is 5.70. The van der Waals surface area contributed by atoms with E-state index in [2.05, 4.69) is 4.72 Å². The average Bonchev–Trinajstić information content (AvgIpc) is 2.46. The van der Waals surface area contributed by atoms with Crippen LogP contribution < -0.4 is 10.5 Å². The number of anilines is 1. The zero-order chi connectivity index (χ0) is 10.1. The maximum Gasteiger partial charge on any atom is 0.259 e. The Hall–Kier alpha value is -0.910. The first-order valence-electron chi connectivity index (χ1n) is 4.43. The molecule has 1 aliphatic rings. The number of nitrogens with two attached hydrogens (primary N) is 1. The lowest BCUT2D eigenvalue weighted by Gasteiger charge is -2.06. The van der Waals surface area contributed by atoms with Crippen LogP contribution in [-0.2, 0) is 17.7 Å². The number of hydrogen-bond donors (Lipinski definition) is 3. The van der Waals surface area contributed by atoms with Gasteiger partial charge in [0.1, 0.15) is 0 Å². The molecular weight excluding hydrogens is 200 g/mol. The molecule has 0 amide bonds. The highest BCUT2D eigenvalue weighted by Crippen LogP contribution is 2.31. The minimum absolute atomic E-state index is 0.124. The van der Waals surface area contributed by atoms with Gasteiger partial charge in [-0.3, -0.25) is 9.27 Å². The van der Waals surface area contributed by atoms with Gasteiger partial charge >= 0.3 is 0 Å². The molecule has 1 aromatic rings. The van der Waals surface area contributed by atoms with Crippen molar-refractivity contribution in [3.8, 4) is 0 Å². The molecule has 0 aromatic heterocycles. The standard InChI is InChI=1S/C9H12N2O2S/c10-9-4-1-6-5-7(11-14(12)13)2-3-8(6)9/h2-3,5,9,11H,1,4,10H2,(H,12,13)/t9-/m0/s1. The van der Waals surface area contributed by atoms with Crippen LogP contribution in [0, 0.1) is 0 Å². The Morgan fingerprint density at radius 3 is 3.07 bits per heavy atom. The van der Waals surface area contributed by atoms with E-state index in [1.54, 1.807) is 6.07 Å². The summed E-state index contributed by atoms with van der Waals surface area (Å²) in [5.74, 6) is 0. The van der Waals surface area contributed by atoms with E-state index >= 15 is 0 Å². The fraction of sp³-hybridized carbons (Fsp3) is 0.333. The normalized spacial score (nSPS) is 21.7. The lowest BCUT2D eigenvalue weighted by atomic mass is 10.1. The zero-order valence-corrected chi connectivity index (χ0v) is 8.38. The molecular formula is C9H12N2O2S. The SMILES string of the molecule is N[C@H]1CCc2cc(NS(=O)O)ccc21. The fourth-order valence-corrected chi connectivity index (χ4v) is 2.14. The lowest BCUT2D eigenvalue weighted by Crippen LogP contribution is -2.06. The van der Waals surface area contributed by atoms with Crippen LogP contribution in [0.5, 0.6) is 0 Å². The van der Waals surface area contributed by atoms with Gasteiger partial charge in [-0.1, -0.05) is 6.07 Å². The topological polar surface area (TPSA) is 75.3 Å². The van der Waals surface area contributed by atoms with E-state index < -0.39 is 11.3 Å². The van der Waals surface area contributed by atoms with Gasteiger partial charge in [-0.15, -0.1) is 0 Å². The van der Waals surface area contributed by atoms with Crippen molar-refractivity contribution in [3.05, 3.63) is 29.3 Å². The molecule has 2 atom stereocenters. The number of nitrogens with one attached hydrogen (secondary N) is 1. The monoisotopic (exact) mass is 212 g/mol. The van der Waals surface area contributed by atoms with Crippen LogP contribution in [0.2, 0.25) is 0 Å². The van der Waals surface area contributed by atoms with Crippen LogP contribution >= 0.6 is 0 Å². The highest BCUT2D eigenvalue weighted by atomic mass is 32.2. The quantitative estimate of drug-likeness (QED) is 0.644. The van der Waals surface area contributed by atoms with E-state index in [4.69, 9.17) is 10.3 Å². The molecule has 76 valence electrons. The first kappa shape index (κ1) is 9.64. The largest absolute Gasteiger partial charge is 0.324 e. The third kappa shape index (κ3) is 1.79. The molecule has 0 heterocycles. The van der Waals surface area contributed by atoms with E-state index in [-0.39, 0.29) is 6.04 Å². The molecule has 14 heavy (non-hydrogen) atoms. The fourth-order valence-electron chi connectivity index (χ4n) is 1.81. The Kier molecular flexibility index (Phi) is 2.54. The predicted molar refractivity (Wildman–Crippen MR) is 56.1 cm³/mol. The molecule has 4 N–H and O–H groups in total. The van der Waals surface area contributed by atoms with Crippen LogP contribution in [0.15, 0.2) is 18.2 Å². The van der Waals surface area contributed by atoms with Crippen molar-refractivity contribution >= 4 is 17.0 Å². The Labute approximate surface area is 84.9 Å². The molecule has 2 rings (SSSR count). The number of hydrogen-bond acceptors (Lipinski definition) is 2. The number of aryl methyl sites for hydroxylation is 1. The molecule has 1 unspecified atom stereocenters. The molecule has 4 nitrogen and oxygen atoms in total. The van der Waals surface area contributed by atoms with Crippen LogP contribution in [-0.4, -0.2) is 8.76 Å². The molecule has 1 aromatic carbocycles. The number of benzene rings is 1. The minimum atomic E-state index is -2.00. The predicted octanol–water partition coefficient (Wildman–Crippen LogP) is 1.18. The molecule has 0 spiro atoms. The molecule has 1 aliphatic carbocycles. The Morgan fingerprint density at radius 1 is 1.57 bits per heavy atom. The van der Waals surface area contributed by atoms with Crippen molar-refractivity contribution < 1.29 is 8.76 Å². The summed E-state index contributed by atoms with van der Waals surface area (Å²) in [6.07, 6.45) is 1.91. The molecule has 0 fully saturated rings. The summed E-state index contributed by atoms with van der Waals surface area (Å²) in [4.78, 5) is 0. The second-order valence-electron chi connectivity index (χ2n) is 3.41. The van der Waals surface area contributed by atoms with Gasteiger partial charge < -0.3 is 5.73 Å². The summed E-state index contributed by atoms with van der Waals surface area (Å²) < 4.78 is 21.6. The minimum Gasteiger partial charge on any atom is -0.324 e. The van der Waals surface area contributed by atoms with Gasteiger partial charge in [-0.2, -0.15) is 0 Å². The highest BCUT2D eigenvalue weighted by molar-refractivity contribution is 7.80. The highest BCUT2D eigenvalue weighted by Gasteiger charge is 2.18. The smallest absolute Gasteiger partial charge is 0.259 e. The molecule has 0 saturated heterocycles. The van der Waals surface area contributed by atoms with Crippen molar-refractivity contribution in [1.82, 2.24) is 0 Å². The van der Waals surface area contributed by atoms with E-state index in [9.17, 15) is 4.21 Å². The van der Waals surface area contributed by atoms with Gasteiger partial charge in [-0.25, -0.2) is 4.21 Å². The summed E-state index contributed by atoms with van der Waals surface area (Å²) in [5.41, 5.74) is 8.86. The van der Waals surface area contributed by atoms with Crippen molar-refractivity contribution in [2.45, 2.75) is 18.9 Å². The van der Waals surface area contributed by atoms with Crippen LogP contribution in [0.25, 0.3) is 0 Å². The maximum atomic E-state index is 10.5.